The number of nitrogens with zero attached hydrogens (tertiary/aromatic N) is 1. The Bertz CT molecular complexity index is 1100. The van der Waals surface area contributed by atoms with E-state index in [2.05, 4.69) is 5.32 Å². The molecule has 0 aliphatic carbocycles. The van der Waals surface area contributed by atoms with E-state index in [1.165, 1.54) is 3.97 Å². The van der Waals surface area contributed by atoms with Gasteiger partial charge in [0, 0.05) is 11.6 Å². The van der Waals surface area contributed by atoms with Crippen LogP contribution in [0.15, 0.2) is 65.7 Å². The minimum Gasteiger partial charge on any atom is -0.444 e. The third-order valence-electron chi connectivity index (χ3n) is 4.21. The molecule has 3 aromatic rings. The van der Waals surface area contributed by atoms with Crippen LogP contribution in [0.5, 0.6) is 0 Å². The van der Waals surface area contributed by atoms with Gasteiger partial charge in [-0.3, -0.25) is 0 Å². The van der Waals surface area contributed by atoms with E-state index in [1.807, 2.05) is 19.1 Å². The number of aromatic nitrogens is 1. The number of hydrogen-bond acceptors (Lipinski definition) is 4. The van der Waals surface area contributed by atoms with Crippen molar-refractivity contribution < 1.29 is 17.9 Å². The summed E-state index contributed by atoms with van der Waals surface area (Å²) in [6, 6.07) is 15.2. The van der Waals surface area contributed by atoms with E-state index in [9.17, 15) is 13.2 Å². The smallest absolute Gasteiger partial charge is 0.408 e. The summed E-state index contributed by atoms with van der Waals surface area (Å²) in [4.78, 5) is 12.3. The van der Waals surface area contributed by atoms with Crippen molar-refractivity contribution in [3.63, 3.8) is 0 Å². The highest BCUT2D eigenvalue weighted by atomic mass is 32.2. The van der Waals surface area contributed by atoms with E-state index in [4.69, 9.17) is 4.74 Å². The zero-order valence-electron chi connectivity index (χ0n) is 16.3. The molecule has 1 atom stereocenters. The Balaban J connectivity index is 1.94. The van der Waals surface area contributed by atoms with Gasteiger partial charge in [-0.15, -0.1) is 0 Å². The minimum atomic E-state index is -3.71. The summed E-state index contributed by atoms with van der Waals surface area (Å²) >= 11 is 0. The highest BCUT2D eigenvalue weighted by Gasteiger charge is 2.21. The largest absolute Gasteiger partial charge is 0.444 e. The van der Waals surface area contributed by atoms with Crippen LogP contribution in [0.25, 0.3) is 10.9 Å². The molecule has 1 unspecified atom stereocenters. The molecule has 28 heavy (non-hydrogen) atoms. The molecular weight excluding hydrogens is 376 g/mol. The highest BCUT2D eigenvalue weighted by molar-refractivity contribution is 7.90. The number of amides is 1. The van der Waals surface area contributed by atoms with Crippen molar-refractivity contribution in [1.29, 1.82) is 0 Å². The van der Waals surface area contributed by atoms with Crippen LogP contribution in [0.4, 0.5) is 4.79 Å². The third-order valence-corrected chi connectivity index (χ3v) is 5.92. The molecule has 0 spiro atoms. The molecule has 1 amide bonds. The Morgan fingerprint density at radius 2 is 1.75 bits per heavy atom. The predicted octanol–water partition coefficient (Wildman–Crippen LogP) is 4.46. The molecule has 3 rings (SSSR count). The van der Waals surface area contributed by atoms with Crippen LogP contribution < -0.4 is 5.32 Å². The van der Waals surface area contributed by atoms with Gasteiger partial charge >= 0.3 is 6.09 Å². The second-order valence-corrected chi connectivity index (χ2v) is 9.43. The fourth-order valence-electron chi connectivity index (χ4n) is 2.87. The zero-order chi connectivity index (χ0) is 20.5. The third kappa shape index (κ3) is 4.20. The van der Waals surface area contributed by atoms with Crippen molar-refractivity contribution in [2.75, 3.05) is 0 Å². The summed E-state index contributed by atoms with van der Waals surface area (Å²) in [5.74, 6) is 0. The normalized spacial score (nSPS) is 13.3. The Morgan fingerprint density at radius 1 is 1.07 bits per heavy atom. The van der Waals surface area contributed by atoms with Crippen LogP contribution in [-0.2, 0) is 14.8 Å². The Labute approximate surface area is 165 Å². The van der Waals surface area contributed by atoms with Crippen LogP contribution >= 0.6 is 0 Å². The van der Waals surface area contributed by atoms with Gasteiger partial charge in [0.15, 0.2) is 0 Å². The summed E-state index contributed by atoms with van der Waals surface area (Å²) in [7, 11) is -3.71. The van der Waals surface area contributed by atoms with Gasteiger partial charge in [0.1, 0.15) is 5.60 Å². The first-order valence-electron chi connectivity index (χ1n) is 8.99. The fourth-order valence-corrected chi connectivity index (χ4v) is 4.24. The lowest BCUT2D eigenvalue weighted by Gasteiger charge is -2.22. The van der Waals surface area contributed by atoms with Crippen molar-refractivity contribution >= 4 is 27.0 Å². The first kappa shape index (κ1) is 19.9. The predicted molar refractivity (Wildman–Crippen MR) is 109 cm³/mol. The number of alkyl carbamates (subject to hydrolysis) is 1. The molecule has 1 heterocycles. The first-order valence-corrected chi connectivity index (χ1v) is 10.4. The van der Waals surface area contributed by atoms with Crippen LogP contribution in [0.3, 0.4) is 0 Å². The number of rotatable bonds is 4. The van der Waals surface area contributed by atoms with Gasteiger partial charge in [-0.1, -0.05) is 30.3 Å². The second kappa shape index (κ2) is 7.31. The minimum absolute atomic E-state index is 0.220. The molecular formula is C21H24N2O4S. The molecule has 1 aromatic heterocycles. The van der Waals surface area contributed by atoms with Gasteiger partial charge in [-0.05, 0) is 57.5 Å². The fraction of sp³-hybridized carbons (Fsp3) is 0.286. The number of nitrogens with one attached hydrogen (secondary N) is 1. The average molecular weight is 401 g/mol. The quantitative estimate of drug-likeness (QED) is 0.701. The summed E-state index contributed by atoms with van der Waals surface area (Å²) in [6.45, 7) is 7.21. The van der Waals surface area contributed by atoms with Crippen LogP contribution in [0.1, 0.15) is 39.3 Å². The lowest BCUT2D eigenvalue weighted by Crippen LogP contribution is -2.34. The summed E-state index contributed by atoms with van der Waals surface area (Å²) in [5.41, 5.74) is 0.743. The molecule has 1 N–H and O–H groups in total. The van der Waals surface area contributed by atoms with Crippen LogP contribution in [0, 0.1) is 0 Å². The van der Waals surface area contributed by atoms with Crippen molar-refractivity contribution in [2.24, 2.45) is 0 Å². The van der Waals surface area contributed by atoms with Gasteiger partial charge in [-0.25, -0.2) is 17.2 Å². The van der Waals surface area contributed by atoms with Crippen LogP contribution in [-0.4, -0.2) is 24.1 Å². The molecule has 0 aliphatic heterocycles. The lowest BCUT2D eigenvalue weighted by atomic mass is 10.1. The molecule has 0 aliphatic rings. The maximum atomic E-state index is 13.0. The monoisotopic (exact) mass is 400 g/mol. The molecule has 0 bridgehead atoms. The standard InChI is InChI=1S/C21H24N2O4S/c1-15(22-20(24)27-21(2,3)4)17-11-10-16-12-13-23(19(16)14-17)28(25,26)18-8-6-5-7-9-18/h5-15H,1-4H3,(H,22,24). The molecule has 148 valence electrons. The number of ether oxygens (including phenoxy) is 1. The Hall–Kier alpha value is -2.80. The number of carbonyl (C=O) groups excluding carboxylic acids is 1. The lowest BCUT2D eigenvalue weighted by molar-refractivity contribution is 0.0508. The number of fused-ring (bicyclic) bond motifs is 1. The van der Waals surface area contributed by atoms with Crippen LogP contribution in [0.2, 0.25) is 0 Å². The SMILES string of the molecule is CC(NC(=O)OC(C)(C)C)c1ccc2ccn(S(=O)(=O)c3ccccc3)c2c1. The Morgan fingerprint density at radius 3 is 2.39 bits per heavy atom. The topological polar surface area (TPSA) is 77.4 Å². The van der Waals surface area contributed by atoms with E-state index in [0.29, 0.717) is 5.52 Å². The summed E-state index contributed by atoms with van der Waals surface area (Å²) < 4.78 is 32.5. The molecule has 2 aromatic carbocycles. The summed E-state index contributed by atoms with van der Waals surface area (Å²) in [5, 5.41) is 3.58. The summed E-state index contributed by atoms with van der Waals surface area (Å²) in [6.07, 6.45) is 1.02. The second-order valence-electron chi connectivity index (χ2n) is 7.62. The number of benzene rings is 2. The number of carbonyl (C=O) groups is 1. The highest BCUT2D eigenvalue weighted by Crippen LogP contribution is 2.25. The van der Waals surface area contributed by atoms with Gasteiger partial charge in [0.05, 0.1) is 16.5 Å². The molecule has 6 nitrogen and oxygen atoms in total. The van der Waals surface area contributed by atoms with Crippen molar-refractivity contribution in [3.8, 4) is 0 Å². The zero-order valence-corrected chi connectivity index (χ0v) is 17.2. The first-order chi connectivity index (χ1) is 13.1. The van der Waals surface area contributed by atoms with E-state index in [-0.39, 0.29) is 10.9 Å². The maximum Gasteiger partial charge on any atom is 0.408 e. The molecule has 0 radical (unpaired) electrons. The maximum absolute atomic E-state index is 13.0. The number of hydrogen-bond donors (Lipinski definition) is 1. The van der Waals surface area contributed by atoms with Crippen molar-refractivity contribution in [3.05, 3.63) is 66.4 Å². The molecule has 7 heteroatoms. The van der Waals surface area contributed by atoms with Gasteiger partial charge in [-0.2, -0.15) is 0 Å². The van der Waals surface area contributed by atoms with E-state index >= 15 is 0 Å². The van der Waals surface area contributed by atoms with E-state index in [1.54, 1.807) is 69.4 Å². The van der Waals surface area contributed by atoms with Crippen molar-refractivity contribution in [1.82, 2.24) is 9.29 Å². The van der Waals surface area contributed by atoms with Gasteiger partial charge < -0.3 is 10.1 Å². The van der Waals surface area contributed by atoms with Gasteiger partial charge in [0.2, 0.25) is 0 Å². The van der Waals surface area contributed by atoms with Crippen molar-refractivity contribution in [2.45, 2.75) is 44.2 Å². The molecule has 0 saturated heterocycles. The van der Waals surface area contributed by atoms with E-state index < -0.39 is 21.7 Å². The Kier molecular flexibility index (Phi) is 5.21. The van der Waals surface area contributed by atoms with Gasteiger partial charge in [0.25, 0.3) is 10.0 Å². The van der Waals surface area contributed by atoms with E-state index in [0.717, 1.165) is 10.9 Å². The molecule has 0 fully saturated rings. The molecule has 0 saturated carbocycles. The average Bonchev–Trinajstić information content (AvgIpc) is 3.04.